The lowest BCUT2D eigenvalue weighted by Crippen LogP contribution is -2.30. The standard InChI is InChI=1S/C17H16ClNO2S3/c1-13-16(18)3-2-4-17(13)24(20,21)19(9-14-5-7-22-11-14)10-15-6-8-23-12-15/h2-8,11-12H,9-10H2,1H3. The van der Waals surface area contributed by atoms with Crippen molar-refractivity contribution in [3.05, 3.63) is 73.6 Å². The molecule has 0 atom stereocenters. The van der Waals surface area contributed by atoms with Gasteiger partial charge in [-0.15, -0.1) is 0 Å². The molecule has 3 rings (SSSR count). The number of sulfonamides is 1. The smallest absolute Gasteiger partial charge is 0.207 e. The van der Waals surface area contributed by atoms with Gasteiger partial charge in [-0.05, 0) is 69.4 Å². The van der Waals surface area contributed by atoms with Crippen LogP contribution in [0, 0.1) is 6.92 Å². The van der Waals surface area contributed by atoms with Crippen LogP contribution in [0.4, 0.5) is 0 Å². The largest absolute Gasteiger partial charge is 0.243 e. The molecule has 3 nitrogen and oxygen atoms in total. The SMILES string of the molecule is Cc1c(Cl)cccc1S(=O)(=O)N(Cc1ccsc1)Cc1ccsc1. The summed E-state index contributed by atoms with van der Waals surface area (Å²) in [6, 6.07) is 8.90. The van der Waals surface area contributed by atoms with Gasteiger partial charge in [0.15, 0.2) is 0 Å². The minimum absolute atomic E-state index is 0.264. The zero-order valence-electron chi connectivity index (χ0n) is 13.0. The summed E-state index contributed by atoms with van der Waals surface area (Å²) < 4.78 is 28.0. The second kappa shape index (κ2) is 7.37. The van der Waals surface area contributed by atoms with Crippen LogP contribution in [0.2, 0.25) is 5.02 Å². The maximum absolute atomic E-state index is 13.2. The fourth-order valence-corrected chi connectivity index (χ4v) is 5.62. The molecule has 126 valence electrons. The second-order valence-electron chi connectivity index (χ2n) is 5.40. The normalized spacial score (nSPS) is 12.0. The Labute approximate surface area is 155 Å². The molecule has 0 fully saturated rings. The minimum Gasteiger partial charge on any atom is -0.207 e. The predicted octanol–water partition coefficient (Wildman–Crippen LogP) is 5.16. The van der Waals surface area contributed by atoms with Crippen molar-refractivity contribution in [2.75, 3.05) is 0 Å². The van der Waals surface area contributed by atoms with Gasteiger partial charge in [0.25, 0.3) is 0 Å². The van der Waals surface area contributed by atoms with Crippen LogP contribution < -0.4 is 0 Å². The summed E-state index contributed by atoms with van der Waals surface area (Å²) in [4.78, 5) is 0.264. The number of halogens is 1. The van der Waals surface area contributed by atoms with Crippen LogP contribution in [0.5, 0.6) is 0 Å². The fraction of sp³-hybridized carbons (Fsp3) is 0.176. The van der Waals surface area contributed by atoms with E-state index in [9.17, 15) is 8.42 Å². The van der Waals surface area contributed by atoms with Gasteiger partial charge in [0.05, 0.1) is 4.90 Å². The van der Waals surface area contributed by atoms with Gasteiger partial charge in [-0.3, -0.25) is 0 Å². The van der Waals surface area contributed by atoms with Gasteiger partial charge in [-0.25, -0.2) is 8.42 Å². The Balaban J connectivity index is 2.01. The van der Waals surface area contributed by atoms with Gasteiger partial charge in [0.1, 0.15) is 0 Å². The van der Waals surface area contributed by atoms with Crippen molar-refractivity contribution in [3.63, 3.8) is 0 Å². The molecule has 1 aromatic carbocycles. The molecule has 0 aliphatic rings. The lowest BCUT2D eigenvalue weighted by atomic mass is 10.2. The molecular formula is C17H16ClNO2S3. The van der Waals surface area contributed by atoms with Crippen LogP contribution in [0.25, 0.3) is 0 Å². The molecule has 0 aliphatic carbocycles. The highest BCUT2D eigenvalue weighted by atomic mass is 35.5. The highest BCUT2D eigenvalue weighted by Gasteiger charge is 2.27. The van der Waals surface area contributed by atoms with E-state index in [2.05, 4.69) is 0 Å². The Morgan fingerprint density at radius 2 is 1.58 bits per heavy atom. The number of hydrogen-bond acceptors (Lipinski definition) is 4. The van der Waals surface area contributed by atoms with Crippen molar-refractivity contribution in [2.24, 2.45) is 0 Å². The maximum atomic E-state index is 13.2. The van der Waals surface area contributed by atoms with E-state index >= 15 is 0 Å². The number of thiophene rings is 2. The van der Waals surface area contributed by atoms with Gasteiger partial charge in [0.2, 0.25) is 10.0 Å². The van der Waals surface area contributed by atoms with E-state index in [4.69, 9.17) is 11.6 Å². The zero-order chi connectivity index (χ0) is 17.2. The average molecular weight is 398 g/mol. The summed E-state index contributed by atoms with van der Waals surface area (Å²) in [5.74, 6) is 0. The van der Waals surface area contributed by atoms with Crippen LogP contribution in [-0.4, -0.2) is 12.7 Å². The van der Waals surface area contributed by atoms with Gasteiger partial charge in [-0.1, -0.05) is 17.7 Å². The lowest BCUT2D eigenvalue weighted by Gasteiger charge is -2.23. The van der Waals surface area contributed by atoms with Gasteiger partial charge in [-0.2, -0.15) is 27.0 Å². The van der Waals surface area contributed by atoms with Crippen molar-refractivity contribution < 1.29 is 8.42 Å². The average Bonchev–Trinajstić information content (AvgIpc) is 3.23. The Kier molecular flexibility index (Phi) is 5.42. The molecule has 0 radical (unpaired) electrons. The summed E-state index contributed by atoms with van der Waals surface area (Å²) in [6.45, 7) is 2.42. The maximum Gasteiger partial charge on any atom is 0.243 e. The Hall–Kier alpha value is -1.18. The molecule has 2 aromatic heterocycles. The molecule has 0 saturated carbocycles. The molecule has 0 aliphatic heterocycles. The molecule has 0 saturated heterocycles. The van der Waals surface area contributed by atoms with Crippen molar-refractivity contribution >= 4 is 44.3 Å². The molecule has 3 aromatic rings. The summed E-state index contributed by atoms with van der Waals surface area (Å²) >= 11 is 9.25. The van der Waals surface area contributed by atoms with Crippen LogP contribution in [0.1, 0.15) is 16.7 Å². The minimum atomic E-state index is -3.65. The van der Waals surface area contributed by atoms with Crippen molar-refractivity contribution in [2.45, 2.75) is 24.9 Å². The summed E-state index contributed by atoms with van der Waals surface area (Å²) in [6.07, 6.45) is 0. The van der Waals surface area contributed by atoms with Crippen LogP contribution in [0.15, 0.2) is 56.7 Å². The molecule has 7 heteroatoms. The highest BCUT2D eigenvalue weighted by molar-refractivity contribution is 7.89. The first-order valence-electron chi connectivity index (χ1n) is 7.26. The van der Waals surface area contributed by atoms with Crippen molar-refractivity contribution in [1.29, 1.82) is 0 Å². The number of benzene rings is 1. The van der Waals surface area contributed by atoms with Gasteiger partial charge < -0.3 is 0 Å². The van der Waals surface area contributed by atoms with Crippen molar-refractivity contribution in [3.8, 4) is 0 Å². The zero-order valence-corrected chi connectivity index (χ0v) is 16.2. The van der Waals surface area contributed by atoms with Crippen LogP contribution in [0.3, 0.4) is 0 Å². The van der Waals surface area contributed by atoms with Crippen LogP contribution >= 0.6 is 34.3 Å². The lowest BCUT2D eigenvalue weighted by molar-refractivity contribution is 0.401. The molecule has 2 heterocycles. The first kappa shape index (κ1) is 17.6. The fourth-order valence-electron chi connectivity index (χ4n) is 2.40. The topological polar surface area (TPSA) is 37.4 Å². The monoisotopic (exact) mass is 397 g/mol. The van der Waals surface area contributed by atoms with E-state index < -0.39 is 10.0 Å². The summed E-state index contributed by atoms with van der Waals surface area (Å²) in [5, 5.41) is 8.31. The van der Waals surface area contributed by atoms with E-state index in [0.717, 1.165) is 11.1 Å². The predicted molar refractivity (Wildman–Crippen MR) is 101 cm³/mol. The third kappa shape index (κ3) is 3.73. The Bertz CT molecular complexity index is 867. The second-order valence-corrected chi connectivity index (χ2v) is 9.27. The van der Waals surface area contributed by atoms with Crippen LogP contribution in [-0.2, 0) is 23.1 Å². The molecule has 24 heavy (non-hydrogen) atoms. The van der Waals surface area contributed by atoms with E-state index in [1.807, 2.05) is 33.7 Å². The third-order valence-electron chi connectivity index (χ3n) is 3.71. The van der Waals surface area contributed by atoms with E-state index in [-0.39, 0.29) is 4.90 Å². The Morgan fingerprint density at radius 1 is 1.00 bits per heavy atom. The molecule has 0 amide bonds. The molecule has 0 bridgehead atoms. The number of nitrogens with zero attached hydrogens (tertiary/aromatic N) is 1. The van der Waals surface area contributed by atoms with E-state index in [0.29, 0.717) is 23.7 Å². The molecule has 0 N–H and O–H groups in total. The van der Waals surface area contributed by atoms with Gasteiger partial charge in [0, 0.05) is 18.1 Å². The van der Waals surface area contributed by atoms with E-state index in [1.165, 1.54) is 4.31 Å². The third-order valence-corrected chi connectivity index (χ3v) is 7.52. The molecular weight excluding hydrogens is 382 g/mol. The number of rotatable bonds is 6. The van der Waals surface area contributed by atoms with Crippen molar-refractivity contribution in [1.82, 2.24) is 4.31 Å². The molecule has 0 spiro atoms. The Morgan fingerprint density at radius 3 is 2.08 bits per heavy atom. The summed E-state index contributed by atoms with van der Waals surface area (Å²) in [7, 11) is -3.65. The summed E-state index contributed by atoms with van der Waals surface area (Å²) in [5.41, 5.74) is 2.55. The van der Waals surface area contributed by atoms with E-state index in [1.54, 1.807) is 47.8 Å². The first-order chi connectivity index (χ1) is 11.5. The highest BCUT2D eigenvalue weighted by Crippen LogP contribution is 2.28. The number of hydrogen-bond donors (Lipinski definition) is 0. The molecule has 0 unspecified atom stereocenters. The van der Waals surface area contributed by atoms with Gasteiger partial charge >= 0.3 is 0 Å². The quantitative estimate of drug-likeness (QED) is 0.575. The first-order valence-corrected chi connectivity index (χ1v) is 11.0.